The zero-order valence-electron chi connectivity index (χ0n) is 11.1. The first kappa shape index (κ1) is 14.7. The largest absolute Gasteiger partial charge is 0.481 e. The van der Waals surface area contributed by atoms with Gasteiger partial charge >= 0.3 is 5.97 Å². The summed E-state index contributed by atoms with van der Waals surface area (Å²) in [5, 5.41) is 11.1. The lowest BCUT2D eigenvalue weighted by Gasteiger charge is -2.11. The average Bonchev–Trinajstić information content (AvgIpc) is 3.08. The number of Topliss-reactive ketones (excluding diaryl/α,β-unsaturated/α-hetero) is 1. The number of carbonyl (C=O) groups excluding carboxylic acids is 1. The van der Waals surface area contributed by atoms with Crippen molar-refractivity contribution >= 4 is 23.1 Å². The highest BCUT2D eigenvalue weighted by molar-refractivity contribution is 7.07. The molecule has 1 atom stereocenters. The van der Waals surface area contributed by atoms with Crippen molar-refractivity contribution in [2.45, 2.75) is 32.1 Å². The van der Waals surface area contributed by atoms with Crippen molar-refractivity contribution in [2.75, 3.05) is 0 Å². The number of hydrogen-bond donors (Lipinski definition) is 1. The summed E-state index contributed by atoms with van der Waals surface area (Å²) in [4.78, 5) is 27.3. The second-order valence-electron chi connectivity index (χ2n) is 4.88. The van der Waals surface area contributed by atoms with E-state index in [2.05, 4.69) is 4.98 Å². The molecular formula is C15H17NO3S. The third kappa shape index (κ3) is 4.42. The molecule has 1 N–H and O–H groups in total. The average molecular weight is 291 g/mol. The molecule has 1 unspecified atom stereocenters. The summed E-state index contributed by atoms with van der Waals surface area (Å²) in [6, 6.07) is 0. The Kier molecular flexibility index (Phi) is 5.24. The van der Waals surface area contributed by atoms with Gasteiger partial charge in [-0.25, -0.2) is 4.98 Å². The molecule has 20 heavy (non-hydrogen) atoms. The number of carboxylic acid groups (broad SMARTS) is 1. The van der Waals surface area contributed by atoms with Gasteiger partial charge in [0.05, 0.1) is 17.1 Å². The predicted molar refractivity (Wildman–Crippen MR) is 77.6 cm³/mol. The maximum absolute atomic E-state index is 11.9. The Hall–Kier alpha value is -1.75. The van der Waals surface area contributed by atoms with Crippen LogP contribution in [0.15, 0.2) is 34.7 Å². The number of rotatable bonds is 8. The highest BCUT2D eigenvalue weighted by Crippen LogP contribution is 2.22. The lowest BCUT2D eigenvalue weighted by molar-refractivity contribution is -0.143. The highest BCUT2D eigenvalue weighted by atomic mass is 32.1. The number of carboxylic acids is 1. The highest BCUT2D eigenvalue weighted by Gasteiger charge is 2.22. The van der Waals surface area contributed by atoms with Crippen LogP contribution in [0.4, 0.5) is 0 Å². The minimum absolute atomic E-state index is 0.00650. The molecule has 0 saturated carbocycles. The van der Waals surface area contributed by atoms with E-state index < -0.39 is 11.9 Å². The molecule has 4 nitrogen and oxygen atoms in total. The summed E-state index contributed by atoms with van der Waals surface area (Å²) >= 11 is 1.50. The van der Waals surface area contributed by atoms with Gasteiger partial charge < -0.3 is 5.11 Å². The van der Waals surface area contributed by atoms with Gasteiger partial charge in [-0.2, -0.15) is 0 Å². The lowest BCUT2D eigenvalue weighted by Crippen LogP contribution is -2.18. The molecule has 0 aliphatic heterocycles. The SMILES string of the molecule is O=C(CCc1cscn1)CC(CC1=CCC=C1)C(=O)O. The zero-order valence-corrected chi connectivity index (χ0v) is 11.9. The topological polar surface area (TPSA) is 67.3 Å². The number of thiazole rings is 1. The van der Waals surface area contributed by atoms with E-state index in [1.165, 1.54) is 11.3 Å². The number of aliphatic carboxylic acids is 1. The van der Waals surface area contributed by atoms with Gasteiger partial charge in [0.25, 0.3) is 0 Å². The quantitative estimate of drug-likeness (QED) is 0.799. The molecule has 0 amide bonds. The van der Waals surface area contributed by atoms with Crippen LogP contribution in [0.2, 0.25) is 0 Å². The fourth-order valence-electron chi connectivity index (χ4n) is 2.19. The Balaban J connectivity index is 1.82. The summed E-state index contributed by atoms with van der Waals surface area (Å²) in [6.07, 6.45) is 8.31. The van der Waals surface area contributed by atoms with E-state index in [-0.39, 0.29) is 12.2 Å². The van der Waals surface area contributed by atoms with Crippen LogP contribution < -0.4 is 0 Å². The van der Waals surface area contributed by atoms with Gasteiger partial charge in [-0.3, -0.25) is 9.59 Å². The molecule has 1 aliphatic rings. The van der Waals surface area contributed by atoms with Crippen LogP contribution in [-0.2, 0) is 16.0 Å². The Morgan fingerprint density at radius 1 is 1.45 bits per heavy atom. The molecule has 106 valence electrons. The maximum Gasteiger partial charge on any atom is 0.307 e. The first-order chi connectivity index (χ1) is 9.65. The number of nitrogens with zero attached hydrogens (tertiary/aromatic N) is 1. The summed E-state index contributed by atoms with van der Waals surface area (Å²) < 4.78 is 0. The van der Waals surface area contributed by atoms with E-state index in [1.54, 1.807) is 5.51 Å². The molecule has 1 aromatic heterocycles. The fraction of sp³-hybridized carbons (Fsp3) is 0.400. The molecule has 1 heterocycles. The third-order valence-corrected chi connectivity index (χ3v) is 3.93. The number of carbonyl (C=O) groups is 2. The molecule has 5 heteroatoms. The summed E-state index contributed by atoms with van der Waals surface area (Å²) in [7, 11) is 0. The van der Waals surface area contributed by atoms with E-state index in [1.807, 2.05) is 23.6 Å². The minimum Gasteiger partial charge on any atom is -0.481 e. The van der Waals surface area contributed by atoms with Gasteiger partial charge in [-0.1, -0.05) is 23.8 Å². The van der Waals surface area contributed by atoms with Crippen LogP contribution in [0.1, 0.15) is 31.4 Å². The minimum atomic E-state index is -0.895. The zero-order chi connectivity index (χ0) is 14.4. The summed E-state index contributed by atoms with van der Waals surface area (Å²) in [6.45, 7) is 0. The molecule has 2 rings (SSSR count). The molecular weight excluding hydrogens is 274 g/mol. The molecule has 1 aromatic rings. The third-order valence-electron chi connectivity index (χ3n) is 3.30. The van der Waals surface area contributed by atoms with Gasteiger partial charge in [-0.15, -0.1) is 11.3 Å². The summed E-state index contributed by atoms with van der Waals surface area (Å²) in [5.74, 6) is -1.52. The van der Waals surface area contributed by atoms with Gasteiger partial charge in [0.1, 0.15) is 5.78 Å². The second kappa shape index (κ2) is 7.14. The van der Waals surface area contributed by atoms with Crippen molar-refractivity contribution < 1.29 is 14.7 Å². The first-order valence-corrected chi connectivity index (χ1v) is 7.56. The Labute approximate surface area is 121 Å². The number of aryl methyl sites for hydroxylation is 1. The van der Waals surface area contributed by atoms with E-state index in [0.29, 0.717) is 19.3 Å². The monoisotopic (exact) mass is 291 g/mol. The van der Waals surface area contributed by atoms with Crippen molar-refractivity contribution in [2.24, 2.45) is 5.92 Å². The lowest BCUT2D eigenvalue weighted by atomic mass is 9.93. The van der Waals surface area contributed by atoms with Crippen LogP contribution in [0.25, 0.3) is 0 Å². The molecule has 0 radical (unpaired) electrons. The molecule has 0 aromatic carbocycles. The van der Waals surface area contributed by atoms with E-state index in [9.17, 15) is 14.7 Å². The maximum atomic E-state index is 11.9. The standard InChI is InChI=1S/C15H17NO3S/c17-14(6-5-13-9-20-10-16-13)8-12(15(18)19)7-11-3-1-2-4-11/h1,3-4,9-10,12H,2,5-8H2,(H,18,19). The van der Waals surface area contributed by atoms with Crippen molar-refractivity contribution in [1.82, 2.24) is 4.98 Å². The van der Waals surface area contributed by atoms with Crippen molar-refractivity contribution in [3.8, 4) is 0 Å². The smallest absolute Gasteiger partial charge is 0.307 e. The Bertz CT molecular complexity index is 531. The van der Waals surface area contributed by atoms with E-state index >= 15 is 0 Å². The van der Waals surface area contributed by atoms with Gasteiger partial charge in [-0.05, 0) is 19.3 Å². The van der Waals surface area contributed by atoms with Gasteiger partial charge in [0.15, 0.2) is 0 Å². The van der Waals surface area contributed by atoms with Crippen LogP contribution in [0, 0.1) is 5.92 Å². The summed E-state index contributed by atoms with van der Waals surface area (Å²) in [5.41, 5.74) is 3.65. The van der Waals surface area contributed by atoms with E-state index in [0.717, 1.165) is 17.7 Å². The fourth-order valence-corrected chi connectivity index (χ4v) is 2.79. The van der Waals surface area contributed by atoms with E-state index in [4.69, 9.17) is 0 Å². The normalized spacial score (nSPS) is 15.1. The predicted octanol–water partition coefficient (Wildman–Crippen LogP) is 3.01. The number of hydrogen-bond acceptors (Lipinski definition) is 4. The molecule has 0 spiro atoms. The first-order valence-electron chi connectivity index (χ1n) is 6.62. The molecule has 0 saturated heterocycles. The van der Waals surface area contributed by atoms with Crippen molar-refractivity contribution in [3.05, 3.63) is 40.4 Å². The number of ketones is 1. The van der Waals surface area contributed by atoms with Crippen LogP contribution in [0.3, 0.4) is 0 Å². The van der Waals surface area contributed by atoms with Gasteiger partial charge in [0.2, 0.25) is 0 Å². The number of aromatic nitrogens is 1. The van der Waals surface area contributed by atoms with Crippen molar-refractivity contribution in [3.63, 3.8) is 0 Å². The molecule has 0 bridgehead atoms. The Morgan fingerprint density at radius 2 is 2.30 bits per heavy atom. The van der Waals surface area contributed by atoms with Crippen LogP contribution >= 0.6 is 11.3 Å². The second-order valence-corrected chi connectivity index (χ2v) is 5.60. The molecule has 0 fully saturated rings. The van der Waals surface area contributed by atoms with Gasteiger partial charge in [0, 0.05) is 18.2 Å². The van der Waals surface area contributed by atoms with Crippen molar-refractivity contribution in [1.29, 1.82) is 0 Å². The Morgan fingerprint density at radius 3 is 2.90 bits per heavy atom. The van der Waals surface area contributed by atoms with Crippen LogP contribution in [0.5, 0.6) is 0 Å². The number of allylic oxidation sites excluding steroid dienone is 4. The van der Waals surface area contributed by atoms with Crippen LogP contribution in [-0.4, -0.2) is 21.8 Å². The molecule has 1 aliphatic carbocycles.